The molecule has 1 atom stereocenters. The average molecular weight is 390 g/mol. The number of piperazine rings is 1. The van der Waals surface area contributed by atoms with E-state index in [9.17, 15) is 18.3 Å². The van der Waals surface area contributed by atoms with Crippen molar-refractivity contribution in [1.29, 1.82) is 0 Å². The predicted molar refractivity (Wildman–Crippen MR) is 100.0 cm³/mol. The zero-order valence-corrected chi connectivity index (χ0v) is 15.8. The minimum absolute atomic E-state index is 0.122. The zero-order valence-electron chi connectivity index (χ0n) is 15.0. The van der Waals surface area contributed by atoms with Crippen LogP contribution in [0.4, 0.5) is 0 Å². The van der Waals surface area contributed by atoms with Gasteiger partial charge in [-0.15, -0.1) is 0 Å². The molecule has 1 aliphatic heterocycles. The van der Waals surface area contributed by atoms with Gasteiger partial charge in [0, 0.05) is 26.2 Å². The predicted octanol–water partition coefficient (Wildman–Crippen LogP) is 1.69. The van der Waals surface area contributed by atoms with E-state index in [2.05, 4.69) is 0 Å². The number of phenolic OH excluding ortho intramolecular Hbond substituents is 1. The molecule has 0 aromatic heterocycles. The summed E-state index contributed by atoms with van der Waals surface area (Å²) in [5.74, 6) is 0.413. The van der Waals surface area contributed by atoms with Crippen molar-refractivity contribution in [2.45, 2.75) is 17.9 Å². The molecule has 1 saturated heterocycles. The van der Waals surface area contributed by atoms with Crippen molar-refractivity contribution < 1.29 is 23.1 Å². The number of amides is 1. The van der Waals surface area contributed by atoms with E-state index in [0.29, 0.717) is 18.8 Å². The van der Waals surface area contributed by atoms with Crippen molar-refractivity contribution in [2.75, 3.05) is 26.2 Å². The van der Waals surface area contributed by atoms with E-state index >= 15 is 0 Å². The van der Waals surface area contributed by atoms with Crippen LogP contribution in [0.5, 0.6) is 11.5 Å². The number of sulfonamides is 1. The van der Waals surface area contributed by atoms with Crippen LogP contribution >= 0.6 is 0 Å². The lowest BCUT2D eigenvalue weighted by molar-refractivity contribution is -0.139. The molecule has 0 aliphatic carbocycles. The normalized spacial score (nSPS) is 16.7. The molecule has 1 fully saturated rings. The lowest BCUT2D eigenvalue weighted by Crippen LogP contribution is -2.53. The maximum absolute atomic E-state index is 12.6. The fourth-order valence-electron chi connectivity index (χ4n) is 2.93. The average Bonchev–Trinajstić information content (AvgIpc) is 2.70. The monoisotopic (exact) mass is 390 g/mol. The molecular weight excluding hydrogens is 368 g/mol. The number of phenols is 1. The fraction of sp³-hybridized carbons (Fsp3) is 0.316. The number of carbonyl (C=O) groups excluding carboxylic acids is 1. The summed E-state index contributed by atoms with van der Waals surface area (Å²) in [6.45, 7) is 2.77. The molecule has 2 aromatic rings. The Morgan fingerprint density at radius 2 is 1.59 bits per heavy atom. The Morgan fingerprint density at radius 1 is 1.00 bits per heavy atom. The van der Waals surface area contributed by atoms with Crippen molar-refractivity contribution in [3.63, 3.8) is 0 Å². The van der Waals surface area contributed by atoms with Crippen molar-refractivity contribution >= 4 is 15.9 Å². The van der Waals surface area contributed by atoms with E-state index in [1.165, 1.54) is 16.4 Å². The molecular formula is C19H22N2O5S. The SMILES string of the molecule is CC(Oc1ccc(O)cc1)C(=O)N1CCN(S(=O)(=O)c2ccccc2)CC1. The summed E-state index contributed by atoms with van der Waals surface area (Å²) < 4.78 is 32.3. The number of rotatable bonds is 5. The lowest BCUT2D eigenvalue weighted by atomic mass is 10.2. The van der Waals surface area contributed by atoms with Gasteiger partial charge in [0.2, 0.25) is 10.0 Å². The van der Waals surface area contributed by atoms with Gasteiger partial charge in [0.15, 0.2) is 6.10 Å². The van der Waals surface area contributed by atoms with Crippen LogP contribution in [0.15, 0.2) is 59.5 Å². The van der Waals surface area contributed by atoms with Crippen molar-refractivity contribution in [1.82, 2.24) is 9.21 Å². The molecule has 0 spiro atoms. The van der Waals surface area contributed by atoms with Gasteiger partial charge in [0.05, 0.1) is 4.90 Å². The smallest absolute Gasteiger partial charge is 0.263 e. The number of aromatic hydroxyl groups is 1. The van der Waals surface area contributed by atoms with E-state index in [1.807, 2.05) is 0 Å². The molecule has 0 saturated carbocycles. The van der Waals surface area contributed by atoms with Crippen molar-refractivity contribution in [3.8, 4) is 11.5 Å². The van der Waals surface area contributed by atoms with Crippen LogP contribution in [-0.4, -0.2) is 60.9 Å². The molecule has 1 N–H and O–H groups in total. The van der Waals surface area contributed by atoms with Gasteiger partial charge >= 0.3 is 0 Å². The maximum Gasteiger partial charge on any atom is 0.263 e. The Balaban J connectivity index is 1.58. The molecule has 1 unspecified atom stereocenters. The van der Waals surface area contributed by atoms with Crippen LogP contribution in [0, 0.1) is 0 Å². The third-order valence-electron chi connectivity index (χ3n) is 4.43. The van der Waals surface area contributed by atoms with Crippen LogP contribution in [-0.2, 0) is 14.8 Å². The van der Waals surface area contributed by atoms with Crippen molar-refractivity contribution in [3.05, 3.63) is 54.6 Å². The highest BCUT2D eigenvalue weighted by Crippen LogP contribution is 2.20. The van der Waals surface area contributed by atoms with Crippen LogP contribution in [0.25, 0.3) is 0 Å². The first kappa shape index (κ1) is 19.2. The number of carbonyl (C=O) groups is 1. The summed E-state index contributed by atoms with van der Waals surface area (Å²) in [4.78, 5) is 14.5. The first-order valence-corrected chi connectivity index (χ1v) is 10.1. The van der Waals surface area contributed by atoms with Gasteiger partial charge in [-0.05, 0) is 43.3 Å². The Morgan fingerprint density at radius 3 is 2.19 bits per heavy atom. The second kappa shape index (κ2) is 7.98. The highest BCUT2D eigenvalue weighted by atomic mass is 32.2. The number of ether oxygens (including phenoxy) is 1. The van der Waals surface area contributed by atoms with E-state index in [-0.39, 0.29) is 29.6 Å². The van der Waals surface area contributed by atoms with Gasteiger partial charge < -0.3 is 14.7 Å². The molecule has 27 heavy (non-hydrogen) atoms. The lowest BCUT2D eigenvalue weighted by Gasteiger charge is -2.35. The quantitative estimate of drug-likeness (QED) is 0.840. The van der Waals surface area contributed by atoms with Gasteiger partial charge in [0.1, 0.15) is 11.5 Å². The minimum Gasteiger partial charge on any atom is -0.508 e. The Kier molecular flexibility index (Phi) is 5.67. The molecule has 1 amide bonds. The van der Waals surface area contributed by atoms with E-state index in [4.69, 9.17) is 4.74 Å². The number of nitrogens with zero attached hydrogens (tertiary/aromatic N) is 2. The van der Waals surface area contributed by atoms with Gasteiger partial charge in [-0.25, -0.2) is 8.42 Å². The van der Waals surface area contributed by atoms with E-state index in [0.717, 1.165) is 0 Å². The molecule has 1 aliphatic rings. The Hall–Kier alpha value is -2.58. The summed E-state index contributed by atoms with van der Waals surface area (Å²) in [6.07, 6.45) is -0.702. The zero-order chi connectivity index (χ0) is 19.4. The Labute approximate surface area is 158 Å². The minimum atomic E-state index is -3.54. The summed E-state index contributed by atoms with van der Waals surface area (Å²) in [7, 11) is -3.54. The first-order valence-electron chi connectivity index (χ1n) is 8.67. The van der Waals surface area contributed by atoms with Gasteiger partial charge in [-0.3, -0.25) is 4.79 Å². The second-order valence-corrected chi connectivity index (χ2v) is 8.23. The molecule has 2 aromatic carbocycles. The molecule has 1 heterocycles. The standard InChI is InChI=1S/C19H22N2O5S/c1-15(26-17-9-7-16(22)8-10-17)19(23)20-11-13-21(14-12-20)27(24,25)18-5-3-2-4-6-18/h2-10,15,22H,11-14H2,1H3. The third kappa shape index (κ3) is 4.40. The molecule has 8 heteroatoms. The summed E-state index contributed by atoms with van der Waals surface area (Å²) in [6, 6.07) is 14.4. The summed E-state index contributed by atoms with van der Waals surface area (Å²) in [5.41, 5.74) is 0. The molecule has 0 bridgehead atoms. The summed E-state index contributed by atoms with van der Waals surface area (Å²) in [5, 5.41) is 9.29. The number of hydrogen-bond donors (Lipinski definition) is 1. The maximum atomic E-state index is 12.6. The summed E-state index contributed by atoms with van der Waals surface area (Å²) >= 11 is 0. The van der Waals surface area contributed by atoms with E-state index < -0.39 is 16.1 Å². The highest BCUT2D eigenvalue weighted by molar-refractivity contribution is 7.89. The topological polar surface area (TPSA) is 87.2 Å². The van der Waals surface area contributed by atoms with Crippen molar-refractivity contribution in [2.24, 2.45) is 0 Å². The van der Waals surface area contributed by atoms with Crippen LogP contribution in [0.3, 0.4) is 0 Å². The largest absolute Gasteiger partial charge is 0.508 e. The molecule has 0 radical (unpaired) electrons. The molecule has 3 rings (SSSR count). The Bertz CT molecular complexity index is 876. The second-order valence-electron chi connectivity index (χ2n) is 6.30. The van der Waals surface area contributed by atoms with Crippen LogP contribution in [0.1, 0.15) is 6.92 Å². The van der Waals surface area contributed by atoms with Crippen LogP contribution < -0.4 is 4.74 Å². The highest BCUT2D eigenvalue weighted by Gasteiger charge is 2.31. The number of benzene rings is 2. The van der Waals surface area contributed by atoms with E-state index in [1.54, 1.807) is 54.3 Å². The van der Waals surface area contributed by atoms with Gasteiger partial charge in [-0.2, -0.15) is 4.31 Å². The molecule has 144 valence electrons. The third-order valence-corrected chi connectivity index (χ3v) is 6.34. The number of hydrogen-bond acceptors (Lipinski definition) is 5. The van der Waals surface area contributed by atoms with Crippen LogP contribution in [0.2, 0.25) is 0 Å². The molecule has 7 nitrogen and oxygen atoms in total. The fourth-order valence-corrected chi connectivity index (χ4v) is 4.37. The van der Waals surface area contributed by atoms with Gasteiger partial charge in [0.25, 0.3) is 5.91 Å². The first-order chi connectivity index (χ1) is 12.9. The van der Waals surface area contributed by atoms with Gasteiger partial charge in [-0.1, -0.05) is 18.2 Å².